The number of nitrogens with one attached hydrogen (secondary N) is 1. The highest BCUT2D eigenvalue weighted by molar-refractivity contribution is 7.09. The third-order valence-electron chi connectivity index (χ3n) is 4.53. The molecule has 0 atom stereocenters. The number of nitrogens with zero attached hydrogens (tertiary/aromatic N) is 1. The van der Waals surface area contributed by atoms with Gasteiger partial charge in [0, 0.05) is 17.5 Å². The van der Waals surface area contributed by atoms with E-state index in [9.17, 15) is 0 Å². The second-order valence-electron chi connectivity index (χ2n) is 6.46. The molecule has 0 amide bonds. The number of hydrogen-bond acceptors (Lipinski definition) is 3. The Kier molecular flexibility index (Phi) is 5.40. The van der Waals surface area contributed by atoms with E-state index in [2.05, 4.69) is 31.1 Å². The topological polar surface area (TPSA) is 24.9 Å². The molecule has 0 radical (unpaired) electrons. The zero-order chi connectivity index (χ0) is 13.7. The van der Waals surface area contributed by atoms with Crippen molar-refractivity contribution >= 4 is 11.3 Å². The summed E-state index contributed by atoms with van der Waals surface area (Å²) in [6.07, 6.45) is 9.63. The Bertz CT molecular complexity index is 378. The van der Waals surface area contributed by atoms with Crippen molar-refractivity contribution in [1.82, 2.24) is 10.3 Å². The first-order valence-corrected chi connectivity index (χ1v) is 8.62. The zero-order valence-electron chi connectivity index (χ0n) is 12.7. The predicted molar refractivity (Wildman–Crippen MR) is 83.8 cm³/mol. The number of aryl methyl sites for hydroxylation is 2. The van der Waals surface area contributed by atoms with E-state index in [-0.39, 0.29) is 0 Å². The molecule has 108 valence electrons. The maximum atomic E-state index is 4.38. The lowest BCUT2D eigenvalue weighted by Gasteiger charge is -2.38. The Morgan fingerprint density at radius 3 is 2.63 bits per heavy atom. The Morgan fingerprint density at radius 2 is 2.05 bits per heavy atom. The average molecular weight is 280 g/mol. The van der Waals surface area contributed by atoms with E-state index in [0.717, 1.165) is 0 Å². The summed E-state index contributed by atoms with van der Waals surface area (Å²) in [5, 5.41) is 3.69. The summed E-state index contributed by atoms with van der Waals surface area (Å²) in [6.45, 7) is 7.85. The van der Waals surface area contributed by atoms with E-state index in [0.29, 0.717) is 11.5 Å². The molecule has 1 aliphatic rings. The number of rotatable bonds is 6. The lowest BCUT2D eigenvalue weighted by atomic mass is 9.71. The van der Waals surface area contributed by atoms with Crippen molar-refractivity contribution in [2.45, 2.75) is 71.8 Å². The molecule has 19 heavy (non-hydrogen) atoms. The van der Waals surface area contributed by atoms with Crippen LogP contribution in [0.1, 0.15) is 62.9 Å². The third-order valence-corrected chi connectivity index (χ3v) is 5.52. The van der Waals surface area contributed by atoms with Crippen molar-refractivity contribution < 1.29 is 0 Å². The minimum Gasteiger partial charge on any atom is -0.314 e. The van der Waals surface area contributed by atoms with Gasteiger partial charge in [-0.3, -0.25) is 0 Å². The molecule has 0 aliphatic heterocycles. The summed E-state index contributed by atoms with van der Waals surface area (Å²) in [6, 6.07) is 0.601. The smallest absolute Gasteiger partial charge is 0.0797 e. The van der Waals surface area contributed by atoms with Gasteiger partial charge in [0.05, 0.1) is 11.2 Å². The SMILES string of the molecule is Cc1ncsc1CCC1(CNC(C)C)CCCCC1. The summed E-state index contributed by atoms with van der Waals surface area (Å²) in [5.41, 5.74) is 3.77. The van der Waals surface area contributed by atoms with Crippen LogP contribution >= 0.6 is 11.3 Å². The van der Waals surface area contributed by atoms with Gasteiger partial charge in [-0.05, 0) is 38.0 Å². The molecule has 1 aromatic rings. The molecule has 1 heterocycles. The Balaban J connectivity index is 1.95. The fraction of sp³-hybridized carbons (Fsp3) is 0.812. The summed E-state index contributed by atoms with van der Waals surface area (Å²) in [5.74, 6) is 0. The molecule has 1 aromatic heterocycles. The van der Waals surface area contributed by atoms with Gasteiger partial charge in [0.2, 0.25) is 0 Å². The van der Waals surface area contributed by atoms with Crippen molar-refractivity contribution in [2.24, 2.45) is 5.41 Å². The second-order valence-corrected chi connectivity index (χ2v) is 7.40. The van der Waals surface area contributed by atoms with Crippen LogP contribution in [0.15, 0.2) is 5.51 Å². The first-order chi connectivity index (χ1) is 9.11. The summed E-state index contributed by atoms with van der Waals surface area (Å²) in [7, 11) is 0. The summed E-state index contributed by atoms with van der Waals surface area (Å²) >= 11 is 1.83. The predicted octanol–water partition coefficient (Wildman–Crippen LogP) is 4.33. The number of thiazole rings is 1. The molecule has 0 spiro atoms. The molecule has 1 N–H and O–H groups in total. The van der Waals surface area contributed by atoms with Gasteiger partial charge in [0.25, 0.3) is 0 Å². The average Bonchev–Trinajstić information content (AvgIpc) is 2.81. The highest BCUT2D eigenvalue weighted by Crippen LogP contribution is 2.40. The van der Waals surface area contributed by atoms with E-state index in [1.54, 1.807) is 0 Å². The number of hydrogen-bond donors (Lipinski definition) is 1. The minimum atomic E-state index is 0.541. The van der Waals surface area contributed by atoms with Gasteiger partial charge in [-0.1, -0.05) is 33.1 Å². The molecule has 3 heteroatoms. The van der Waals surface area contributed by atoms with Gasteiger partial charge in [-0.2, -0.15) is 0 Å². The second kappa shape index (κ2) is 6.85. The van der Waals surface area contributed by atoms with Crippen LogP contribution in [-0.2, 0) is 6.42 Å². The van der Waals surface area contributed by atoms with Crippen LogP contribution in [0.2, 0.25) is 0 Å². The quantitative estimate of drug-likeness (QED) is 0.839. The lowest BCUT2D eigenvalue weighted by molar-refractivity contribution is 0.163. The van der Waals surface area contributed by atoms with Crippen LogP contribution in [0.25, 0.3) is 0 Å². The van der Waals surface area contributed by atoms with Gasteiger partial charge in [0.1, 0.15) is 0 Å². The van der Waals surface area contributed by atoms with Crippen molar-refractivity contribution in [1.29, 1.82) is 0 Å². The van der Waals surface area contributed by atoms with Crippen molar-refractivity contribution in [3.05, 3.63) is 16.1 Å². The van der Waals surface area contributed by atoms with E-state index >= 15 is 0 Å². The van der Waals surface area contributed by atoms with Crippen molar-refractivity contribution in [3.8, 4) is 0 Å². The maximum absolute atomic E-state index is 4.38. The summed E-state index contributed by atoms with van der Waals surface area (Å²) < 4.78 is 0. The fourth-order valence-electron chi connectivity index (χ4n) is 3.18. The molecule has 1 saturated carbocycles. The lowest BCUT2D eigenvalue weighted by Crippen LogP contribution is -2.39. The van der Waals surface area contributed by atoms with Crippen LogP contribution in [0.5, 0.6) is 0 Å². The van der Waals surface area contributed by atoms with Gasteiger partial charge in [-0.25, -0.2) is 4.98 Å². The monoisotopic (exact) mass is 280 g/mol. The van der Waals surface area contributed by atoms with Gasteiger partial charge in [-0.15, -0.1) is 11.3 Å². The van der Waals surface area contributed by atoms with Gasteiger partial charge >= 0.3 is 0 Å². The van der Waals surface area contributed by atoms with E-state index in [1.165, 1.54) is 62.1 Å². The highest BCUT2D eigenvalue weighted by atomic mass is 32.1. The largest absolute Gasteiger partial charge is 0.314 e. The molecule has 0 saturated heterocycles. The van der Waals surface area contributed by atoms with Gasteiger partial charge in [0.15, 0.2) is 0 Å². The molecule has 2 nitrogen and oxygen atoms in total. The maximum Gasteiger partial charge on any atom is 0.0797 e. The van der Waals surface area contributed by atoms with Crippen LogP contribution in [0.3, 0.4) is 0 Å². The van der Waals surface area contributed by atoms with E-state index in [1.807, 2.05) is 16.8 Å². The molecule has 1 fully saturated rings. The summed E-state index contributed by atoms with van der Waals surface area (Å²) in [4.78, 5) is 5.88. The first kappa shape index (κ1) is 15.0. The van der Waals surface area contributed by atoms with Crippen molar-refractivity contribution in [2.75, 3.05) is 6.54 Å². The molecular formula is C16H28N2S. The van der Waals surface area contributed by atoms with E-state index < -0.39 is 0 Å². The molecule has 2 rings (SSSR count). The minimum absolute atomic E-state index is 0.541. The Labute approximate surface area is 122 Å². The standard InChI is InChI=1S/C16H28N2S/c1-13(2)17-11-16(8-5-4-6-9-16)10-7-15-14(3)18-12-19-15/h12-13,17H,4-11H2,1-3H3. The van der Waals surface area contributed by atoms with Gasteiger partial charge < -0.3 is 5.32 Å². The Morgan fingerprint density at radius 1 is 1.32 bits per heavy atom. The number of aromatic nitrogens is 1. The fourth-order valence-corrected chi connectivity index (χ4v) is 3.96. The first-order valence-electron chi connectivity index (χ1n) is 7.74. The molecule has 0 unspecified atom stereocenters. The molecule has 0 aromatic carbocycles. The van der Waals surface area contributed by atoms with Crippen LogP contribution in [0, 0.1) is 12.3 Å². The van der Waals surface area contributed by atoms with Crippen LogP contribution in [-0.4, -0.2) is 17.6 Å². The molecular weight excluding hydrogens is 252 g/mol. The van der Waals surface area contributed by atoms with Crippen molar-refractivity contribution in [3.63, 3.8) is 0 Å². The van der Waals surface area contributed by atoms with Crippen LogP contribution < -0.4 is 5.32 Å². The molecule has 0 bridgehead atoms. The normalized spacial score (nSPS) is 18.9. The zero-order valence-corrected chi connectivity index (χ0v) is 13.5. The van der Waals surface area contributed by atoms with Crippen LogP contribution in [0.4, 0.5) is 0 Å². The third kappa shape index (κ3) is 4.28. The highest BCUT2D eigenvalue weighted by Gasteiger charge is 2.31. The molecule has 1 aliphatic carbocycles. The van der Waals surface area contributed by atoms with E-state index in [4.69, 9.17) is 0 Å². The Hall–Kier alpha value is -0.410.